The molecule has 86 valence electrons. The number of anilines is 1. The SMILES string of the molecule is CNC(=O)CN(C)c1cccc(Cl)c1C=O. The van der Waals surface area contributed by atoms with E-state index >= 15 is 0 Å². The van der Waals surface area contributed by atoms with Crippen LogP contribution in [-0.2, 0) is 4.79 Å². The van der Waals surface area contributed by atoms with Crippen molar-refractivity contribution in [2.75, 3.05) is 25.5 Å². The molecule has 5 heteroatoms. The van der Waals surface area contributed by atoms with E-state index in [9.17, 15) is 9.59 Å². The Labute approximate surface area is 99.2 Å². The van der Waals surface area contributed by atoms with E-state index in [1.54, 1.807) is 37.2 Å². The Kier molecular flexibility index (Phi) is 4.31. The third-order valence-electron chi connectivity index (χ3n) is 2.22. The molecular formula is C11H13ClN2O2. The van der Waals surface area contributed by atoms with Gasteiger partial charge in [0.2, 0.25) is 5.91 Å². The molecule has 0 atom stereocenters. The van der Waals surface area contributed by atoms with Crippen molar-refractivity contribution >= 4 is 29.5 Å². The number of nitrogens with zero attached hydrogens (tertiary/aromatic N) is 1. The van der Waals surface area contributed by atoms with Gasteiger partial charge >= 0.3 is 0 Å². The topological polar surface area (TPSA) is 49.4 Å². The maximum absolute atomic E-state index is 11.2. The van der Waals surface area contributed by atoms with Crippen LogP contribution in [0.1, 0.15) is 10.4 Å². The summed E-state index contributed by atoms with van der Waals surface area (Å²) >= 11 is 5.89. The van der Waals surface area contributed by atoms with Crippen molar-refractivity contribution in [3.63, 3.8) is 0 Å². The molecule has 0 aliphatic rings. The normalized spacial score (nSPS) is 9.69. The van der Waals surface area contributed by atoms with Gasteiger partial charge in [-0.3, -0.25) is 9.59 Å². The molecule has 0 aromatic heterocycles. The second-order valence-electron chi connectivity index (χ2n) is 3.32. The zero-order valence-corrected chi connectivity index (χ0v) is 9.91. The van der Waals surface area contributed by atoms with Crippen LogP contribution >= 0.6 is 11.6 Å². The second-order valence-corrected chi connectivity index (χ2v) is 3.73. The monoisotopic (exact) mass is 240 g/mol. The van der Waals surface area contributed by atoms with Gasteiger partial charge in [0.05, 0.1) is 17.1 Å². The number of carbonyl (C=O) groups excluding carboxylic acids is 2. The lowest BCUT2D eigenvalue weighted by molar-refractivity contribution is -0.119. The molecule has 16 heavy (non-hydrogen) atoms. The summed E-state index contributed by atoms with van der Waals surface area (Å²) in [6.07, 6.45) is 0.692. The highest BCUT2D eigenvalue weighted by atomic mass is 35.5. The first-order chi connectivity index (χ1) is 7.60. The van der Waals surface area contributed by atoms with E-state index in [0.717, 1.165) is 0 Å². The summed E-state index contributed by atoms with van der Waals surface area (Å²) in [6, 6.07) is 5.13. The van der Waals surface area contributed by atoms with Gasteiger partial charge in [0.1, 0.15) is 0 Å². The molecule has 0 saturated heterocycles. The van der Waals surface area contributed by atoms with E-state index in [1.807, 2.05) is 0 Å². The molecule has 1 N–H and O–H groups in total. The van der Waals surface area contributed by atoms with Gasteiger partial charge in [-0.05, 0) is 12.1 Å². The van der Waals surface area contributed by atoms with Gasteiger partial charge in [-0.25, -0.2) is 0 Å². The fourth-order valence-electron chi connectivity index (χ4n) is 1.35. The Morgan fingerprint density at radius 2 is 2.25 bits per heavy atom. The van der Waals surface area contributed by atoms with Crippen molar-refractivity contribution in [2.24, 2.45) is 0 Å². The smallest absolute Gasteiger partial charge is 0.239 e. The zero-order valence-electron chi connectivity index (χ0n) is 9.16. The lowest BCUT2D eigenvalue weighted by Crippen LogP contribution is -2.33. The van der Waals surface area contributed by atoms with Crippen molar-refractivity contribution in [1.82, 2.24) is 5.32 Å². The van der Waals surface area contributed by atoms with Crippen molar-refractivity contribution < 1.29 is 9.59 Å². The van der Waals surface area contributed by atoms with E-state index in [-0.39, 0.29) is 12.5 Å². The molecule has 1 rings (SSSR count). The molecule has 4 nitrogen and oxygen atoms in total. The van der Waals surface area contributed by atoms with E-state index < -0.39 is 0 Å². The molecule has 0 saturated carbocycles. The second kappa shape index (κ2) is 5.51. The van der Waals surface area contributed by atoms with Crippen LogP contribution in [0.4, 0.5) is 5.69 Å². The number of amides is 1. The fraction of sp³-hybridized carbons (Fsp3) is 0.273. The van der Waals surface area contributed by atoms with Crippen molar-refractivity contribution in [2.45, 2.75) is 0 Å². The molecule has 0 fully saturated rings. The Morgan fingerprint density at radius 3 is 2.81 bits per heavy atom. The highest BCUT2D eigenvalue weighted by Crippen LogP contribution is 2.24. The first-order valence-corrected chi connectivity index (χ1v) is 5.13. The molecule has 0 aliphatic carbocycles. The van der Waals surface area contributed by atoms with Crippen LogP contribution < -0.4 is 10.2 Å². The predicted molar refractivity (Wildman–Crippen MR) is 64.2 cm³/mol. The Hall–Kier alpha value is -1.55. The first kappa shape index (κ1) is 12.5. The van der Waals surface area contributed by atoms with Gasteiger partial charge in [-0.15, -0.1) is 0 Å². The quantitative estimate of drug-likeness (QED) is 0.808. The van der Waals surface area contributed by atoms with Gasteiger partial charge in [0, 0.05) is 19.8 Å². The van der Waals surface area contributed by atoms with Crippen LogP contribution in [0.5, 0.6) is 0 Å². The minimum Gasteiger partial charge on any atom is -0.365 e. The molecule has 0 heterocycles. The molecule has 1 amide bonds. The summed E-state index contributed by atoms with van der Waals surface area (Å²) in [5, 5.41) is 2.90. The summed E-state index contributed by atoms with van der Waals surface area (Å²) in [4.78, 5) is 23.8. The number of nitrogens with one attached hydrogen (secondary N) is 1. The van der Waals surface area contributed by atoms with E-state index in [0.29, 0.717) is 22.6 Å². The standard InChI is InChI=1S/C11H13ClN2O2/c1-13-11(16)6-14(2)10-5-3-4-9(12)8(10)7-15/h3-5,7H,6H2,1-2H3,(H,13,16). The van der Waals surface area contributed by atoms with E-state index in [1.165, 1.54) is 0 Å². The highest BCUT2D eigenvalue weighted by Gasteiger charge is 2.12. The summed E-state index contributed by atoms with van der Waals surface area (Å²) in [5.41, 5.74) is 1.04. The summed E-state index contributed by atoms with van der Waals surface area (Å²) in [6.45, 7) is 0.178. The number of benzene rings is 1. The number of rotatable bonds is 4. The maximum Gasteiger partial charge on any atom is 0.239 e. The summed E-state index contributed by atoms with van der Waals surface area (Å²) < 4.78 is 0. The largest absolute Gasteiger partial charge is 0.365 e. The van der Waals surface area contributed by atoms with E-state index in [4.69, 9.17) is 11.6 Å². The van der Waals surface area contributed by atoms with Crippen molar-refractivity contribution in [3.05, 3.63) is 28.8 Å². The van der Waals surface area contributed by atoms with Crippen molar-refractivity contribution in [1.29, 1.82) is 0 Å². The van der Waals surface area contributed by atoms with Gasteiger partial charge < -0.3 is 10.2 Å². The van der Waals surface area contributed by atoms with Gasteiger partial charge in [0.25, 0.3) is 0 Å². The highest BCUT2D eigenvalue weighted by molar-refractivity contribution is 6.33. The predicted octanol–water partition coefficient (Wildman–Crippen LogP) is 1.33. The fourth-order valence-corrected chi connectivity index (χ4v) is 1.57. The third-order valence-corrected chi connectivity index (χ3v) is 2.55. The summed E-state index contributed by atoms with van der Waals surface area (Å²) in [7, 11) is 3.29. The van der Waals surface area contributed by atoms with Crippen LogP contribution in [0, 0.1) is 0 Å². The van der Waals surface area contributed by atoms with Gasteiger partial charge in [-0.1, -0.05) is 17.7 Å². The lowest BCUT2D eigenvalue weighted by Gasteiger charge is -2.20. The molecule has 1 aromatic carbocycles. The number of aldehydes is 1. The number of likely N-dealkylation sites (N-methyl/N-ethyl adjacent to an activating group) is 2. The van der Waals surface area contributed by atoms with Crippen LogP contribution in [-0.4, -0.2) is 32.8 Å². The number of halogens is 1. The first-order valence-electron chi connectivity index (χ1n) is 4.75. The molecule has 1 aromatic rings. The third kappa shape index (κ3) is 2.73. The maximum atomic E-state index is 11.2. The van der Waals surface area contributed by atoms with Crippen LogP contribution in [0.3, 0.4) is 0 Å². The molecule has 0 aliphatic heterocycles. The Bertz CT molecular complexity index is 407. The number of hydrogen-bond acceptors (Lipinski definition) is 3. The lowest BCUT2D eigenvalue weighted by atomic mass is 10.2. The average Bonchev–Trinajstić information content (AvgIpc) is 2.28. The minimum atomic E-state index is -0.126. The van der Waals surface area contributed by atoms with Crippen molar-refractivity contribution in [3.8, 4) is 0 Å². The molecule has 0 bridgehead atoms. The number of hydrogen-bond donors (Lipinski definition) is 1. The van der Waals surface area contributed by atoms with Crippen LogP contribution in [0.25, 0.3) is 0 Å². The molecule has 0 unspecified atom stereocenters. The van der Waals surface area contributed by atoms with E-state index in [2.05, 4.69) is 5.32 Å². The zero-order chi connectivity index (χ0) is 12.1. The summed E-state index contributed by atoms with van der Waals surface area (Å²) in [5.74, 6) is -0.126. The van der Waals surface area contributed by atoms with Crippen LogP contribution in [0.15, 0.2) is 18.2 Å². The molecular weight excluding hydrogens is 228 g/mol. The van der Waals surface area contributed by atoms with Gasteiger partial charge in [0.15, 0.2) is 6.29 Å². The Morgan fingerprint density at radius 1 is 1.56 bits per heavy atom. The average molecular weight is 241 g/mol. The minimum absolute atomic E-state index is 0.126. The van der Waals surface area contributed by atoms with Crippen LogP contribution in [0.2, 0.25) is 5.02 Å². The molecule has 0 spiro atoms. The number of carbonyl (C=O) groups is 2. The van der Waals surface area contributed by atoms with Gasteiger partial charge in [-0.2, -0.15) is 0 Å². The molecule has 0 radical (unpaired) electrons. The Balaban J connectivity index is 2.99.